The van der Waals surface area contributed by atoms with Crippen molar-refractivity contribution in [2.45, 2.75) is 32.9 Å². The van der Waals surface area contributed by atoms with Gasteiger partial charge in [-0.25, -0.2) is 0 Å². The van der Waals surface area contributed by atoms with Gasteiger partial charge in [0.2, 0.25) is 0 Å². The van der Waals surface area contributed by atoms with Gasteiger partial charge in [-0.1, -0.05) is 13.8 Å². The van der Waals surface area contributed by atoms with Gasteiger partial charge in [0, 0.05) is 24.7 Å². The smallest absolute Gasteiger partial charge is 0.387 e. The Kier molecular flexibility index (Phi) is 6.80. The molecule has 1 aromatic carbocycles. The monoisotopic (exact) mass is 364 g/mol. The van der Waals surface area contributed by atoms with Crippen LogP contribution in [0.15, 0.2) is 18.2 Å². The molecule has 1 aromatic rings. The van der Waals surface area contributed by atoms with Crippen LogP contribution in [-0.2, 0) is 0 Å². The largest absolute Gasteiger partial charge is 0.493 e. The second-order valence-corrected chi connectivity index (χ2v) is 6.35. The Morgan fingerprint density at radius 3 is 2.58 bits per heavy atom. The van der Waals surface area contributed by atoms with E-state index in [1.807, 2.05) is 13.8 Å². The third kappa shape index (κ3) is 4.48. The minimum absolute atomic E-state index is 0. The number of carbonyl (C=O) groups excluding carboxylic acids is 1. The molecule has 1 fully saturated rings. The number of likely N-dealkylation sites (tertiary alicyclic amines) is 1. The number of nitrogens with zero attached hydrogens (tertiary/aromatic N) is 1. The van der Waals surface area contributed by atoms with Crippen molar-refractivity contribution in [3.8, 4) is 11.5 Å². The highest BCUT2D eigenvalue weighted by atomic mass is 35.5. The molecule has 1 heterocycles. The maximum atomic E-state index is 12.6. The Labute approximate surface area is 146 Å². The first-order valence-corrected chi connectivity index (χ1v) is 7.42. The third-order valence-electron chi connectivity index (χ3n) is 4.23. The van der Waals surface area contributed by atoms with Crippen LogP contribution >= 0.6 is 12.4 Å². The Bertz CT molecular complexity index is 584. The van der Waals surface area contributed by atoms with Crippen LogP contribution in [0.2, 0.25) is 0 Å². The molecular weight excluding hydrogens is 342 g/mol. The summed E-state index contributed by atoms with van der Waals surface area (Å²) >= 11 is 0. The van der Waals surface area contributed by atoms with Gasteiger partial charge in [-0.2, -0.15) is 8.78 Å². The van der Waals surface area contributed by atoms with E-state index in [1.54, 1.807) is 4.90 Å². The number of carbonyl (C=O) groups is 1. The van der Waals surface area contributed by atoms with Gasteiger partial charge >= 0.3 is 6.61 Å². The highest BCUT2D eigenvalue weighted by Gasteiger charge is 2.35. The van der Waals surface area contributed by atoms with E-state index in [1.165, 1.54) is 25.3 Å². The Hall–Kier alpha value is -1.60. The molecule has 0 aliphatic carbocycles. The van der Waals surface area contributed by atoms with E-state index in [9.17, 15) is 13.6 Å². The zero-order valence-corrected chi connectivity index (χ0v) is 14.7. The fourth-order valence-corrected chi connectivity index (χ4v) is 2.72. The van der Waals surface area contributed by atoms with E-state index in [4.69, 9.17) is 10.5 Å². The van der Waals surface area contributed by atoms with Crippen LogP contribution in [0.1, 0.15) is 30.6 Å². The Morgan fingerprint density at radius 1 is 1.38 bits per heavy atom. The van der Waals surface area contributed by atoms with E-state index in [0.717, 1.165) is 6.42 Å². The fourth-order valence-electron chi connectivity index (χ4n) is 2.72. The zero-order valence-electron chi connectivity index (χ0n) is 13.9. The fraction of sp³-hybridized carbons (Fsp3) is 0.562. The molecule has 1 saturated heterocycles. The van der Waals surface area contributed by atoms with Crippen LogP contribution in [0, 0.1) is 5.41 Å². The Balaban J connectivity index is 0.00000288. The molecule has 24 heavy (non-hydrogen) atoms. The molecule has 5 nitrogen and oxygen atoms in total. The molecule has 1 aliphatic heterocycles. The number of ether oxygens (including phenoxy) is 2. The molecule has 1 unspecified atom stereocenters. The van der Waals surface area contributed by atoms with Crippen LogP contribution < -0.4 is 15.2 Å². The minimum atomic E-state index is -2.95. The van der Waals surface area contributed by atoms with Crippen molar-refractivity contribution in [1.29, 1.82) is 0 Å². The quantitative estimate of drug-likeness (QED) is 0.892. The summed E-state index contributed by atoms with van der Waals surface area (Å²) in [5, 5.41) is 0. The number of nitrogens with two attached hydrogens (primary N) is 1. The minimum Gasteiger partial charge on any atom is -0.493 e. The summed E-state index contributed by atoms with van der Waals surface area (Å²) in [6.07, 6.45) is 0.725. The third-order valence-corrected chi connectivity index (χ3v) is 4.23. The number of hydrogen-bond acceptors (Lipinski definition) is 4. The number of halogens is 3. The average molecular weight is 365 g/mol. The van der Waals surface area contributed by atoms with Gasteiger partial charge in [-0.3, -0.25) is 4.79 Å². The predicted molar refractivity (Wildman–Crippen MR) is 89.2 cm³/mol. The van der Waals surface area contributed by atoms with Gasteiger partial charge in [0.15, 0.2) is 11.5 Å². The lowest BCUT2D eigenvalue weighted by Crippen LogP contribution is -2.54. The van der Waals surface area contributed by atoms with Gasteiger partial charge in [0.25, 0.3) is 5.91 Å². The van der Waals surface area contributed by atoms with Gasteiger partial charge in [0.1, 0.15) is 0 Å². The molecule has 8 heteroatoms. The summed E-state index contributed by atoms with van der Waals surface area (Å²) in [6.45, 7) is 2.22. The summed E-state index contributed by atoms with van der Waals surface area (Å²) in [5.41, 5.74) is 6.28. The molecule has 1 aliphatic rings. The lowest BCUT2D eigenvalue weighted by Gasteiger charge is -2.42. The maximum Gasteiger partial charge on any atom is 0.387 e. The number of hydrogen-bond donors (Lipinski definition) is 1. The molecule has 1 amide bonds. The topological polar surface area (TPSA) is 64.8 Å². The highest BCUT2D eigenvalue weighted by Crippen LogP contribution is 2.32. The van der Waals surface area contributed by atoms with Crippen molar-refractivity contribution < 1.29 is 23.0 Å². The van der Waals surface area contributed by atoms with E-state index < -0.39 is 6.61 Å². The predicted octanol–water partition coefficient (Wildman–Crippen LogP) is 2.92. The average Bonchev–Trinajstić information content (AvgIpc) is 2.49. The molecule has 136 valence electrons. The van der Waals surface area contributed by atoms with Crippen molar-refractivity contribution in [3.05, 3.63) is 23.8 Å². The molecular formula is C16H23ClF2N2O3. The number of rotatable bonds is 4. The molecule has 0 bridgehead atoms. The summed E-state index contributed by atoms with van der Waals surface area (Å²) in [5.74, 6) is -0.170. The molecule has 0 radical (unpaired) electrons. The van der Waals surface area contributed by atoms with Gasteiger partial charge < -0.3 is 20.1 Å². The second kappa shape index (κ2) is 7.98. The molecule has 2 rings (SSSR count). The SMILES string of the molecule is COc1cc(C(=O)N2CCC(N)C(C)(C)C2)ccc1OC(F)F.Cl. The van der Waals surface area contributed by atoms with Gasteiger partial charge in [-0.05, 0) is 30.0 Å². The van der Waals surface area contributed by atoms with E-state index >= 15 is 0 Å². The van der Waals surface area contributed by atoms with Crippen LogP contribution in [0.25, 0.3) is 0 Å². The standard InChI is InChI=1S/C16H22F2N2O3.ClH/c1-16(2)9-20(7-6-13(16)19)14(21)10-4-5-11(23-15(17)18)12(8-10)22-3;/h4-5,8,13,15H,6-7,9,19H2,1-3H3;1H. The number of amides is 1. The summed E-state index contributed by atoms with van der Waals surface area (Å²) in [7, 11) is 1.34. The van der Waals surface area contributed by atoms with Crippen LogP contribution in [0.3, 0.4) is 0 Å². The van der Waals surface area contributed by atoms with Crippen molar-refractivity contribution in [2.75, 3.05) is 20.2 Å². The summed E-state index contributed by atoms with van der Waals surface area (Å²) in [4.78, 5) is 14.4. The number of piperidine rings is 1. The highest BCUT2D eigenvalue weighted by molar-refractivity contribution is 5.95. The molecule has 0 saturated carbocycles. The first-order chi connectivity index (χ1) is 10.7. The summed E-state index contributed by atoms with van der Waals surface area (Å²) < 4.78 is 34.1. The van der Waals surface area contributed by atoms with Crippen molar-refractivity contribution in [3.63, 3.8) is 0 Å². The number of benzene rings is 1. The lowest BCUT2D eigenvalue weighted by atomic mass is 9.79. The number of alkyl halides is 2. The first kappa shape index (κ1) is 20.4. The van der Waals surface area contributed by atoms with E-state index in [2.05, 4.69) is 4.74 Å². The second-order valence-electron chi connectivity index (χ2n) is 6.35. The van der Waals surface area contributed by atoms with E-state index in [0.29, 0.717) is 18.7 Å². The van der Waals surface area contributed by atoms with Crippen molar-refractivity contribution >= 4 is 18.3 Å². The maximum absolute atomic E-state index is 12.6. The van der Waals surface area contributed by atoms with Crippen LogP contribution in [0.5, 0.6) is 11.5 Å². The summed E-state index contributed by atoms with van der Waals surface area (Å²) in [6, 6.07) is 4.24. The zero-order chi connectivity index (χ0) is 17.2. The van der Waals surface area contributed by atoms with Crippen LogP contribution in [-0.4, -0.2) is 43.7 Å². The van der Waals surface area contributed by atoms with Gasteiger partial charge in [-0.15, -0.1) is 12.4 Å². The molecule has 0 aromatic heterocycles. The van der Waals surface area contributed by atoms with Gasteiger partial charge in [0.05, 0.1) is 7.11 Å². The number of methoxy groups -OCH3 is 1. The van der Waals surface area contributed by atoms with Crippen molar-refractivity contribution in [1.82, 2.24) is 4.90 Å². The molecule has 1 atom stereocenters. The Morgan fingerprint density at radius 2 is 2.04 bits per heavy atom. The molecule has 0 spiro atoms. The van der Waals surface area contributed by atoms with Crippen LogP contribution in [0.4, 0.5) is 8.78 Å². The normalized spacial score (nSPS) is 19.6. The molecule has 2 N–H and O–H groups in total. The lowest BCUT2D eigenvalue weighted by molar-refractivity contribution is -0.0512. The van der Waals surface area contributed by atoms with Crippen molar-refractivity contribution in [2.24, 2.45) is 11.1 Å². The van der Waals surface area contributed by atoms with E-state index in [-0.39, 0.29) is 41.3 Å². The first-order valence-electron chi connectivity index (χ1n) is 7.42.